The molecule has 0 aliphatic heterocycles. The first-order chi connectivity index (χ1) is 7.59. The van der Waals surface area contributed by atoms with E-state index in [2.05, 4.69) is 4.74 Å². The quantitative estimate of drug-likeness (QED) is 0.476. The van der Waals surface area contributed by atoms with Crippen LogP contribution in [-0.2, 0) is 20.9 Å². The summed E-state index contributed by atoms with van der Waals surface area (Å²) < 4.78 is 9.00. The van der Waals surface area contributed by atoms with E-state index in [0.29, 0.717) is 0 Å². The molecule has 0 fully saturated rings. The Bertz CT molecular complexity index is 366. The first-order valence-electron chi connectivity index (χ1n) is 4.30. The molecule has 0 heterocycles. The molecule has 6 heteroatoms. The Kier molecular flexibility index (Phi) is 5.08. The lowest BCUT2D eigenvalue weighted by Gasteiger charge is -2.08. The van der Waals surface area contributed by atoms with Crippen LogP contribution in [0.2, 0.25) is 0 Å². The fourth-order valence-electron chi connectivity index (χ4n) is 0.924. The molecule has 86 valence electrons. The van der Waals surface area contributed by atoms with E-state index in [0.717, 1.165) is 5.56 Å². The number of alkyl halides is 1. The van der Waals surface area contributed by atoms with Crippen molar-refractivity contribution in [3.05, 3.63) is 35.9 Å². The van der Waals surface area contributed by atoms with Gasteiger partial charge in [-0.2, -0.15) is 0 Å². The van der Waals surface area contributed by atoms with Gasteiger partial charge in [-0.3, -0.25) is 0 Å². The van der Waals surface area contributed by atoms with Crippen molar-refractivity contribution in [3.63, 3.8) is 0 Å². The van der Waals surface area contributed by atoms with Gasteiger partial charge in [0.25, 0.3) is 5.56 Å². The van der Waals surface area contributed by atoms with Gasteiger partial charge in [-0.15, -0.1) is 0 Å². The van der Waals surface area contributed by atoms with Gasteiger partial charge in [0.15, 0.2) is 0 Å². The predicted molar refractivity (Wildman–Crippen MR) is 58.2 cm³/mol. The number of carbonyl (C=O) groups is 2. The maximum atomic E-state index is 11.2. The van der Waals surface area contributed by atoms with Crippen LogP contribution in [0.5, 0.6) is 0 Å². The van der Waals surface area contributed by atoms with Gasteiger partial charge < -0.3 is 9.47 Å². The zero-order chi connectivity index (χ0) is 12.0. The number of halogens is 2. The Hall–Kier alpha value is -1.26. The van der Waals surface area contributed by atoms with E-state index >= 15 is 0 Å². The van der Waals surface area contributed by atoms with E-state index in [-0.39, 0.29) is 6.61 Å². The highest BCUT2D eigenvalue weighted by atomic mass is 35.5. The highest BCUT2D eigenvalue weighted by molar-refractivity contribution is 6.61. The van der Waals surface area contributed by atoms with Gasteiger partial charge in [-0.1, -0.05) is 41.9 Å². The maximum Gasteiger partial charge on any atom is 0.405 e. The Morgan fingerprint density at radius 1 is 1.25 bits per heavy atom. The summed E-state index contributed by atoms with van der Waals surface area (Å²) in [5.41, 5.74) is -1.87. The fraction of sp³-hybridized carbons (Fsp3) is 0.200. The van der Waals surface area contributed by atoms with Crippen molar-refractivity contribution in [2.24, 2.45) is 0 Å². The molecule has 16 heavy (non-hydrogen) atoms. The normalized spacial score (nSPS) is 11.6. The number of hydrogen-bond acceptors (Lipinski definition) is 4. The first-order valence-corrected chi connectivity index (χ1v) is 5.12. The minimum atomic E-state index is -1.52. The second-order valence-corrected chi connectivity index (χ2v) is 3.47. The van der Waals surface area contributed by atoms with Crippen molar-refractivity contribution in [3.8, 4) is 0 Å². The molecule has 0 N–H and O–H groups in total. The van der Waals surface area contributed by atoms with Crippen LogP contribution in [-0.4, -0.2) is 17.0 Å². The standard InChI is InChI=1S/C10H8Cl2O4/c11-8(16-10(12)14)9(13)15-6-7-4-2-1-3-5-7/h1-5,8H,6H2. The molecule has 0 amide bonds. The molecule has 1 unspecified atom stereocenters. The molecule has 0 aliphatic carbocycles. The summed E-state index contributed by atoms with van der Waals surface area (Å²) in [6.07, 6.45) is 0. The van der Waals surface area contributed by atoms with E-state index in [9.17, 15) is 9.59 Å². The van der Waals surface area contributed by atoms with Crippen LogP contribution in [0.3, 0.4) is 0 Å². The SMILES string of the molecule is O=C(Cl)OC(Cl)C(=O)OCc1ccccc1. The van der Waals surface area contributed by atoms with Crippen LogP contribution in [0.1, 0.15) is 5.56 Å². The van der Waals surface area contributed by atoms with E-state index in [1.54, 1.807) is 24.3 Å². The molecule has 1 rings (SSSR count). The Labute approximate surface area is 102 Å². The van der Waals surface area contributed by atoms with Crippen molar-refractivity contribution >= 4 is 34.6 Å². The number of rotatable bonds is 4. The number of benzene rings is 1. The zero-order valence-corrected chi connectivity index (χ0v) is 9.57. The van der Waals surface area contributed by atoms with Crippen molar-refractivity contribution in [1.29, 1.82) is 0 Å². The topological polar surface area (TPSA) is 52.6 Å². The number of ether oxygens (including phenoxy) is 2. The number of esters is 1. The van der Waals surface area contributed by atoms with Crippen LogP contribution in [0, 0.1) is 0 Å². The average Bonchev–Trinajstić information content (AvgIpc) is 2.26. The second-order valence-electron chi connectivity index (χ2n) is 2.76. The van der Waals surface area contributed by atoms with Crippen molar-refractivity contribution in [2.75, 3.05) is 0 Å². The van der Waals surface area contributed by atoms with Gasteiger partial charge in [0.2, 0.25) is 0 Å². The third-order valence-electron chi connectivity index (χ3n) is 1.61. The smallest absolute Gasteiger partial charge is 0.405 e. The highest BCUT2D eigenvalue weighted by Gasteiger charge is 2.20. The molecule has 4 nitrogen and oxygen atoms in total. The summed E-state index contributed by atoms with van der Waals surface area (Å²) in [6, 6.07) is 9.01. The Morgan fingerprint density at radius 2 is 1.88 bits per heavy atom. The van der Waals surface area contributed by atoms with Gasteiger partial charge in [-0.05, 0) is 5.56 Å². The van der Waals surface area contributed by atoms with Crippen molar-refractivity contribution in [2.45, 2.75) is 12.2 Å². The van der Waals surface area contributed by atoms with Gasteiger partial charge in [0.1, 0.15) is 6.61 Å². The summed E-state index contributed by atoms with van der Waals surface area (Å²) in [4.78, 5) is 21.4. The predicted octanol–water partition coefficient (Wildman–Crippen LogP) is 2.67. The molecule has 0 spiro atoms. The molecule has 1 atom stereocenters. The monoisotopic (exact) mass is 262 g/mol. The molecule has 1 aromatic carbocycles. The third kappa shape index (κ3) is 4.51. The maximum absolute atomic E-state index is 11.2. The van der Waals surface area contributed by atoms with Crippen LogP contribution < -0.4 is 0 Å². The summed E-state index contributed by atoms with van der Waals surface area (Å²) in [7, 11) is 0. The van der Waals surface area contributed by atoms with E-state index < -0.39 is 17.0 Å². The lowest BCUT2D eigenvalue weighted by Crippen LogP contribution is -2.21. The van der Waals surface area contributed by atoms with E-state index in [1.807, 2.05) is 6.07 Å². The minimum Gasteiger partial charge on any atom is -0.457 e. The Balaban J connectivity index is 2.38. The molecular weight excluding hydrogens is 255 g/mol. The van der Waals surface area contributed by atoms with Gasteiger partial charge in [-0.25, -0.2) is 9.59 Å². The summed E-state index contributed by atoms with van der Waals surface area (Å²) in [5.74, 6) is -0.862. The summed E-state index contributed by atoms with van der Waals surface area (Å²) in [6.45, 7) is 0.0583. The molecule has 0 bridgehead atoms. The molecule has 0 saturated heterocycles. The van der Waals surface area contributed by atoms with Crippen molar-refractivity contribution < 1.29 is 19.1 Å². The molecule has 0 radical (unpaired) electrons. The molecule has 0 aliphatic rings. The molecular formula is C10H8Cl2O4. The van der Waals surface area contributed by atoms with E-state index in [4.69, 9.17) is 27.9 Å². The fourth-order valence-corrected chi connectivity index (χ4v) is 1.20. The molecule has 1 aromatic rings. The largest absolute Gasteiger partial charge is 0.457 e. The first kappa shape index (κ1) is 12.8. The van der Waals surface area contributed by atoms with Gasteiger partial charge in [0.05, 0.1) is 0 Å². The minimum absolute atomic E-state index is 0.0583. The van der Waals surface area contributed by atoms with E-state index in [1.165, 1.54) is 0 Å². The van der Waals surface area contributed by atoms with Crippen LogP contribution in [0.4, 0.5) is 4.79 Å². The second kappa shape index (κ2) is 6.35. The number of hydrogen-bond donors (Lipinski definition) is 0. The third-order valence-corrected chi connectivity index (χ3v) is 1.96. The van der Waals surface area contributed by atoms with Crippen LogP contribution in [0.25, 0.3) is 0 Å². The van der Waals surface area contributed by atoms with Gasteiger partial charge >= 0.3 is 11.4 Å². The van der Waals surface area contributed by atoms with Gasteiger partial charge in [0, 0.05) is 11.6 Å². The lowest BCUT2D eigenvalue weighted by molar-refractivity contribution is -0.150. The summed E-state index contributed by atoms with van der Waals surface area (Å²) in [5, 5.41) is 0. The van der Waals surface area contributed by atoms with Crippen LogP contribution in [0.15, 0.2) is 30.3 Å². The van der Waals surface area contributed by atoms with Crippen LogP contribution >= 0.6 is 23.2 Å². The lowest BCUT2D eigenvalue weighted by atomic mass is 10.2. The molecule has 0 aromatic heterocycles. The average molecular weight is 263 g/mol. The highest BCUT2D eigenvalue weighted by Crippen LogP contribution is 2.07. The van der Waals surface area contributed by atoms with Crippen molar-refractivity contribution in [1.82, 2.24) is 0 Å². The number of carbonyl (C=O) groups excluding carboxylic acids is 2. The zero-order valence-electron chi connectivity index (χ0n) is 8.06. The molecule has 0 saturated carbocycles. The summed E-state index contributed by atoms with van der Waals surface area (Å²) >= 11 is 10.3. The Morgan fingerprint density at radius 3 is 2.44 bits per heavy atom.